The normalized spacial score (nSPS) is 18.7. The molecule has 0 saturated carbocycles. The average molecular weight is 573 g/mol. The van der Waals surface area contributed by atoms with E-state index < -0.39 is 64.2 Å². The van der Waals surface area contributed by atoms with E-state index in [9.17, 15) is 31.0 Å². The minimum absolute atomic E-state index is 0.0580. The van der Waals surface area contributed by atoms with E-state index in [1.54, 1.807) is 0 Å². The molecule has 0 spiro atoms. The van der Waals surface area contributed by atoms with E-state index >= 15 is 0 Å². The Balaban J connectivity index is 2.36. The summed E-state index contributed by atoms with van der Waals surface area (Å²) >= 11 is 0. The molecule has 0 fully saturated rings. The summed E-state index contributed by atoms with van der Waals surface area (Å²) < 4.78 is 92.1. The van der Waals surface area contributed by atoms with Crippen molar-refractivity contribution < 1.29 is 31.0 Å². The molecule has 39 heavy (non-hydrogen) atoms. The summed E-state index contributed by atoms with van der Waals surface area (Å²) in [6.45, 7) is 0.647. The fourth-order valence-electron chi connectivity index (χ4n) is 4.31. The van der Waals surface area contributed by atoms with Crippen LogP contribution >= 0.6 is 0 Å². The van der Waals surface area contributed by atoms with E-state index in [2.05, 4.69) is 15.3 Å². The number of fused-ring (bicyclic) bond motifs is 1. The molecular formula is C25H29F5N6O2S. The number of halogens is 5. The van der Waals surface area contributed by atoms with E-state index in [4.69, 9.17) is 10.5 Å². The number of aliphatic imine (C=N–C) groups is 1. The molecule has 1 aromatic heterocycles. The zero-order chi connectivity index (χ0) is 29.2. The second-order valence-electron chi connectivity index (χ2n) is 9.13. The minimum Gasteiger partial charge on any atom is -0.404 e. The minimum atomic E-state index is -4.95. The predicted octanol–water partition coefficient (Wildman–Crippen LogP) is 5.32. The molecule has 2 heterocycles. The molecule has 0 saturated heterocycles. The van der Waals surface area contributed by atoms with Crippen LogP contribution in [-0.4, -0.2) is 53.6 Å². The molecule has 3 rings (SSSR count). The first-order chi connectivity index (χ1) is 18.1. The van der Waals surface area contributed by atoms with Gasteiger partial charge in [0.15, 0.2) is 5.69 Å². The summed E-state index contributed by atoms with van der Waals surface area (Å²) in [5.74, 6) is -4.48. The van der Waals surface area contributed by atoms with E-state index in [0.717, 1.165) is 17.3 Å². The topological polar surface area (TPSA) is 125 Å². The molecule has 1 amide bonds. The number of hydrogen-bond donors (Lipinski definition) is 3. The van der Waals surface area contributed by atoms with Gasteiger partial charge in [0.1, 0.15) is 5.82 Å². The van der Waals surface area contributed by atoms with Crippen molar-refractivity contribution in [2.24, 2.45) is 10.7 Å². The van der Waals surface area contributed by atoms with Gasteiger partial charge in [-0.15, -0.1) is 0 Å². The number of allylic oxidation sites excluding steroid dienone is 1. The Morgan fingerprint density at radius 3 is 2.59 bits per heavy atom. The van der Waals surface area contributed by atoms with Crippen LogP contribution in [0.3, 0.4) is 0 Å². The number of nitrogens with one attached hydrogen (secondary N) is 2. The zero-order valence-corrected chi connectivity index (χ0v) is 22.3. The van der Waals surface area contributed by atoms with Gasteiger partial charge in [-0.3, -0.25) is 9.79 Å². The summed E-state index contributed by atoms with van der Waals surface area (Å²) in [5, 5.41) is 2.65. The van der Waals surface area contributed by atoms with Gasteiger partial charge in [0.2, 0.25) is 5.92 Å². The number of amides is 1. The summed E-state index contributed by atoms with van der Waals surface area (Å²) in [6, 6.07) is 5.53. The Bertz CT molecular complexity index is 1420. The van der Waals surface area contributed by atoms with Crippen LogP contribution in [0.15, 0.2) is 40.4 Å². The summed E-state index contributed by atoms with van der Waals surface area (Å²) in [7, 11) is -1.89. The fourth-order valence-corrected chi connectivity index (χ4v) is 5.00. The highest BCUT2D eigenvalue weighted by molar-refractivity contribution is 7.91. The summed E-state index contributed by atoms with van der Waals surface area (Å²) in [6.07, 6.45) is -3.15. The van der Waals surface area contributed by atoms with Crippen molar-refractivity contribution in [3.8, 4) is 0 Å². The van der Waals surface area contributed by atoms with Gasteiger partial charge < -0.3 is 16.0 Å². The van der Waals surface area contributed by atoms with Crippen molar-refractivity contribution in [2.45, 2.75) is 43.2 Å². The molecular weight excluding hydrogens is 543 g/mol. The smallest absolute Gasteiger partial charge is 0.404 e. The van der Waals surface area contributed by atoms with Gasteiger partial charge in [0.25, 0.3) is 5.91 Å². The molecule has 4 N–H and O–H groups in total. The molecule has 1 aliphatic heterocycles. The van der Waals surface area contributed by atoms with Crippen molar-refractivity contribution in [3.05, 3.63) is 52.8 Å². The van der Waals surface area contributed by atoms with E-state index in [-0.39, 0.29) is 40.2 Å². The first-order valence-electron chi connectivity index (χ1n) is 11.8. The highest BCUT2D eigenvalue weighted by atomic mass is 32.2. The highest BCUT2D eigenvalue weighted by Crippen LogP contribution is 2.39. The van der Waals surface area contributed by atoms with Crippen molar-refractivity contribution in [1.29, 1.82) is 4.78 Å². The van der Waals surface area contributed by atoms with Gasteiger partial charge in [-0.25, -0.2) is 22.8 Å². The molecule has 212 valence electrons. The van der Waals surface area contributed by atoms with Crippen LogP contribution in [-0.2, 0) is 15.9 Å². The van der Waals surface area contributed by atoms with Gasteiger partial charge in [-0.2, -0.15) is 13.2 Å². The van der Waals surface area contributed by atoms with E-state index in [0.29, 0.717) is 0 Å². The maximum atomic E-state index is 14.7. The lowest BCUT2D eigenvalue weighted by molar-refractivity contribution is -0.141. The van der Waals surface area contributed by atoms with Gasteiger partial charge in [0.05, 0.1) is 15.3 Å². The lowest BCUT2D eigenvalue weighted by Gasteiger charge is -2.28. The van der Waals surface area contributed by atoms with Crippen LogP contribution in [0.2, 0.25) is 0 Å². The van der Waals surface area contributed by atoms with Crippen LogP contribution in [0.1, 0.15) is 46.4 Å². The second-order valence-corrected chi connectivity index (χ2v) is 11.3. The highest BCUT2D eigenvalue weighted by Gasteiger charge is 2.40. The van der Waals surface area contributed by atoms with Crippen LogP contribution in [0.25, 0.3) is 5.57 Å². The number of anilines is 2. The second kappa shape index (κ2) is 11.3. The standard InChI is InChI=1S/C25H29F5N6O2S/c1-15-19(16(13-31)14-33-2)21(25(28,29)30)35-22-20(15)23(37)36(11-9-24(26,27)8-5-10-34-22)17-6-4-7-18(12-17)39(3,32)38/h4,6-7,12-14,32H,5,8-11,31H2,1-3H3,(H,34,35)/b16-13+,33-14?. The molecule has 2 aromatic rings. The Hall–Kier alpha value is -3.55. The van der Waals surface area contributed by atoms with Crippen LogP contribution in [0.4, 0.5) is 33.5 Å². The molecule has 0 aliphatic carbocycles. The number of pyridine rings is 1. The van der Waals surface area contributed by atoms with Crippen molar-refractivity contribution in [2.75, 3.05) is 36.6 Å². The SMILES string of the molecule is CN=C/C(=C\N)c1c(C(F)(F)F)nc2c(c1C)C(=O)N(c1cccc(S(C)(=N)=O)c1)CCC(F)(F)CCCN2. The Morgan fingerprint density at radius 1 is 1.31 bits per heavy atom. The third-order valence-corrected chi connectivity index (χ3v) is 7.36. The molecule has 8 nitrogen and oxygen atoms in total. The summed E-state index contributed by atoms with van der Waals surface area (Å²) in [5.41, 5.74) is 3.36. The monoisotopic (exact) mass is 572 g/mol. The first-order valence-corrected chi connectivity index (χ1v) is 13.8. The van der Waals surface area contributed by atoms with Crippen LogP contribution < -0.4 is 16.0 Å². The van der Waals surface area contributed by atoms with Crippen molar-refractivity contribution in [3.63, 3.8) is 0 Å². The van der Waals surface area contributed by atoms with Crippen molar-refractivity contribution in [1.82, 2.24) is 4.98 Å². The molecule has 14 heteroatoms. The number of hydrogen-bond acceptors (Lipinski definition) is 7. The van der Waals surface area contributed by atoms with E-state index in [1.165, 1.54) is 44.5 Å². The zero-order valence-electron chi connectivity index (χ0n) is 21.5. The number of nitrogens with zero attached hydrogens (tertiary/aromatic N) is 3. The number of nitrogens with two attached hydrogens (primary N) is 1. The number of carbonyl (C=O) groups is 1. The maximum Gasteiger partial charge on any atom is 0.434 e. The molecule has 1 aromatic carbocycles. The van der Waals surface area contributed by atoms with Gasteiger partial charge in [0, 0.05) is 73.4 Å². The lowest BCUT2D eigenvalue weighted by Crippen LogP contribution is -2.36. The van der Waals surface area contributed by atoms with Gasteiger partial charge in [-0.1, -0.05) is 6.07 Å². The van der Waals surface area contributed by atoms with Crippen LogP contribution in [0.5, 0.6) is 0 Å². The quantitative estimate of drug-likeness (QED) is 0.338. The molecule has 1 aliphatic rings. The number of carbonyl (C=O) groups excluding carboxylic acids is 1. The lowest BCUT2D eigenvalue weighted by atomic mass is 9.94. The number of alkyl halides is 5. The average Bonchev–Trinajstić information content (AvgIpc) is 2.86. The third-order valence-electron chi connectivity index (χ3n) is 6.20. The van der Waals surface area contributed by atoms with Crippen LogP contribution in [0, 0.1) is 11.7 Å². The molecule has 0 bridgehead atoms. The number of aromatic nitrogens is 1. The molecule has 0 radical (unpaired) electrons. The van der Waals surface area contributed by atoms with Crippen molar-refractivity contribution >= 4 is 38.9 Å². The van der Waals surface area contributed by atoms with E-state index in [1.807, 2.05) is 0 Å². The summed E-state index contributed by atoms with van der Waals surface area (Å²) in [4.78, 5) is 22.6. The largest absolute Gasteiger partial charge is 0.434 e. The molecule has 1 atom stereocenters. The Labute approximate surface area is 223 Å². The Kier molecular flexibility index (Phi) is 8.68. The fraction of sp³-hybridized carbons (Fsp3) is 0.400. The number of benzene rings is 1. The first kappa shape index (κ1) is 30.0. The number of rotatable bonds is 4. The molecule has 1 unspecified atom stereocenters. The predicted molar refractivity (Wildman–Crippen MR) is 141 cm³/mol. The maximum absolute atomic E-state index is 14.7. The Morgan fingerprint density at radius 2 is 2.00 bits per heavy atom. The van der Waals surface area contributed by atoms with Gasteiger partial charge in [-0.05, 0) is 37.1 Å². The van der Waals surface area contributed by atoms with Gasteiger partial charge >= 0.3 is 6.18 Å². The third kappa shape index (κ3) is 6.72.